The lowest BCUT2D eigenvalue weighted by molar-refractivity contribution is -0.125. The number of nitrogens with zero attached hydrogens (tertiary/aromatic N) is 1. The van der Waals surface area contributed by atoms with Gasteiger partial charge in [-0.05, 0) is 44.1 Å². The van der Waals surface area contributed by atoms with Crippen LogP contribution in [-0.4, -0.2) is 37.6 Å². The minimum atomic E-state index is 0.0447. The van der Waals surface area contributed by atoms with Gasteiger partial charge < -0.3 is 10.1 Å². The minimum absolute atomic E-state index is 0.0447. The van der Waals surface area contributed by atoms with E-state index in [9.17, 15) is 4.79 Å². The highest BCUT2D eigenvalue weighted by atomic mass is 16.5. The summed E-state index contributed by atoms with van der Waals surface area (Å²) < 4.78 is 5.10. The molecule has 0 bridgehead atoms. The Bertz CT molecular complexity index is 403. The molecule has 1 aromatic rings. The molecular formula is C14H20N2O2. The Labute approximate surface area is 108 Å². The van der Waals surface area contributed by atoms with E-state index in [-0.39, 0.29) is 11.9 Å². The Morgan fingerprint density at radius 1 is 1.44 bits per heavy atom. The third-order valence-corrected chi connectivity index (χ3v) is 3.45. The fourth-order valence-corrected chi connectivity index (χ4v) is 2.29. The molecule has 1 aliphatic rings. The van der Waals surface area contributed by atoms with Gasteiger partial charge >= 0.3 is 0 Å². The number of carbonyl (C=O) groups excluding carboxylic acids is 1. The largest absolute Gasteiger partial charge is 0.497 e. The van der Waals surface area contributed by atoms with Crippen molar-refractivity contribution in [1.29, 1.82) is 0 Å². The topological polar surface area (TPSA) is 41.6 Å². The van der Waals surface area contributed by atoms with Crippen LogP contribution in [0.1, 0.15) is 18.4 Å². The molecule has 18 heavy (non-hydrogen) atoms. The Morgan fingerprint density at radius 2 is 2.17 bits per heavy atom. The fourth-order valence-electron chi connectivity index (χ4n) is 2.29. The van der Waals surface area contributed by atoms with E-state index in [4.69, 9.17) is 4.74 Å². The third-order valence-electron chi connectivity index (χ3n) is 3.45. The second-order valence-corrected chi connectivity index (χ2v) is 4.70. The van der Waals surface area contributed by atoms with E-state index in [1.54, 1.807) is 7.11 Å². The molecule has 0 aliphatic carbocycles. The van der Waals surface area contributed by atoms with Gasteiger partial charge in [-0.3, -0.25) is 9.69 Å². The average molecular weight is 248 g/mol. The van der Waals surface area contributed by atoms with Gasteiger partial charge in [0.2, 0.25) is 5.91 Å². The van der Waals surface area contributed by atoms with Gasteiger partial charge in [0.1, 0.15) is 5.75 Å². The highest BCUT2D eigenvalue weighted by Crippen LogP contribution is 2.15. The Kier molecular flexibility index (Phi) is 4.20. The van der Waals surface area contributed by atoms with Crippen molar-refractivity contribution < 1.29 is 9.53 Å². The number of nitrogens with one attached hydrogen (secondary N) is 1. The molecule has 1 amide bonds. The van der Waals surface area contributed by atoms with Crippen LogP contribution >= 0.6 is 0 Å². The van der Waals surface area contributed by atoms with E-state index >= 15 is 0 Å². The monoisotopic (exact) mass is 248 g/mol. The summed E-state index contributed by atoms with van der Waals surface area (Å²) >= 11 is 0. The summed E-state index contributed by atoms with van der Waals surface area (Å²) in [6, 6.07) is 7.80. The molecule has 0 radical (unpaired) electrons. The quantitative estimate of drug-likeness (QED) is 0.876. The van der Waals surface area contributed by atoms with Crippen molar-refractivity contribution in [2.75, 3.05) is 20.7 Å². The van der Waals surface area contributed by atoms with E-state index in [0.717, 1.165) is 30.7 Å². The zero-order valence-electron chi connectivity index (χ0n) is 11.0. The Balaban J connectivity index is 1.85. The molecule has 1 aliphatic heterocycles. The molecule has 0 spiro atoms. The van der Waals surface area contributed by atoms with Crippen LogP contribution in [0.15, 0.2) is 24.3 Å². The number of hydrogen-bond donors (Lipinski definition) is 1. The Hall–Kier alpha value is -1.55. The summed E-state index contributed by atoms with van der Waals surface area (Å²) in [6.07, 6.45) is 2.07. The van der Waals surface area contributed by atoms with Crippen molar-refractivity contribution in [3.63, 3.8) is 0 Å². The van der Waals surface area contributed by atoms with Crippen molar-refractivity contribution in [3.8, 4) is 5.75 Å². The standard InChI is InChI=1S/C14H20N2O2/c1-16-9-3-4-13(16)14(17)15-10-11-5-7-12(18-2)8-6-11/h5-8,13H,3-4,9-10H2,1-2H3,(H,15,17). The molecule has 0 saturated carbocycles. The maximum Gasteiger partial charge on any atom is 0.237 e. The van der Waals surface area contributed by atoms with Crippen LogP contribution in [0.4, 0.5) is 0 Å². The highest BCUT2D eigenvalue weighted by Gasteiger charge is 2.27. The molecular weight excluding hydrogens is 228 g/mol. The van der Waals surface area contributed by atoms with Gasteiger partial charge in [0, 0.05) is 6.54 Å². The summed E-state index contributed by atoms with van der Waals surface area (Å²) in [6.45, 7) is 1.59. The van der Waals surface area contributed by atoms with Crippen molar-refractivity contribution in [2.24, 2.45) is 0 Å². The van der Waals surface area contributed by atoms with Crippen LogP contribution in [0.5, 0.6) is 5.75 Å². The maximum absolute atomic E-state index is 12.0. The van der Waals surface area contributed by atoms with E-state index in [1.165, 1.54) is 0 Å². The minimum Gasteiger partial charge on any atom is -0.497 e. The van der Waals surface area contributed by atoms with E-state index in [0.29, 0.717) is 6.54 Å². The number of carbonyl (C=O) groups is 1. The van der Waals surface area contributed by atoms with Gasteiger partial charge in [-0.15, -0.1) is 0 Å². The maximum atomic E-state index is 12.0. The molecule has 1 heterocycles. The Morgan fingerprint density at radius 3 is 2.72 bits per heavy atom. The molecule has 2 rings (SSSR count). The van der Waals surface area contributed by atoms with E-state index < -0.39 is 0 Å². The number of benzene rings is 1. The van der Waals surface area contributed by atoms with Crippen LogP contribution in [0, 0.1) is 0 Å². The molecule has 98 valence electrons. The molecule has 1 saturated heterocycles. The zero-order valence-corrected chi connectivity index (χ0v) is 11.0. The molecule has 0 aromatic heterocycles. The predicted octanol–water partition coefficient (Wildman–Crippen LogP) is 1.41. The lowest BCUT2D eigenvalue weighted by Gasteiger charge is -2.18. The lowest BCUT2D eigenvalue weighted by Crippen LogP contribution is -2.41. The van der Waals surface area contributed by atoms with Crippen LogP contribution in [0.3, 0.4) is 0 Å². The molecule has 1 atom stereocenters. The van der Waals surface area contributed by atoms with Crippen LogP contribution in [0.25, 0.3) is 0 Å². The van der Waals surface area contributed by atoms with Crippen LogP contribution in [-0.2, 0) is 11.3 Å². The van der Waals surface area contributed by atoms with Gasteiger partial charge in [-0.2, -0.15) is 0 Å². The molecule has 1 N–H and O–H groups in total. The molecule has 1 unspecified atom stereocenters. The summed E-state index contributed by atoms with van der Waals surface area (Å²) in [5.74, 6) is 0.964. The highest BCUT2D eigenvalue weighted by molar-refractivity contribution is 5.81. The number of likely N-dealkylation sites (tertiary alicyclic amines) is 1. The van der Waals surface area contributed by atoms with Gasteiger partial charge in [-0.25, -0.2) is 0 Å². The molecule has 4 heteroatoms. The van der Waals surface area contributed by atoms with Gasteiger partial charge in [0.15, 0.2) is 0 Å². The zero-order chi connectivity index (χ0) is 13.0. The van der Waals surface area contributed by atoms with Crippen LogP contribution < -0.4 is 10.1 Å². The first-order valence-electron chi connectivity index (χ1n) is 6.31. The van der Waals surface area contributed by atoms with Crippen molar-refractivity contribution in [1.82, 2.24) is 10.2 Å². The van der Waals surface area contributed by atoms with E-state index in [1.807, 2.05) is 31.3 Å². The van der Waals surface area contributed by atoms with Crippen molar-refractivity contribution in [2.45, 2.75) is 25.4 Å². The average Bonchev–Trinajstić information content (AvgIpc) is 2.83. The number of hydrogen-bond acceptors (Lipinski definition) is 3. The predicted molar refractivity (Wildman–Crippen MR) is 70.5 cm³/mol. The molecule has 1 aromatic carbocycles. The number of ether oxygens (including phenoxy) is 1. The normalized spacial score (nSPS) is 19.8. The van der Waals surface area contributed by atoms with Crippen molar-refractivity contribution >= 4 is 5.91 Å². The fraction of sp³-hybridized carbons (Fsp3) is 0.500. The number of likely N-dealkylation sites (N-methyl/N-ethyl adjacent to an activating group) is 1. The second-order valence-electron chi connectivity index (χ2n) is 4.70. The summed E-state index contributed by atoms with van der Waals surface area (Å²) in [5, 5.41) is 2.99. The SMILES string of the molecule is COc1ccc(CNC(=O)C2CCCN2C)cc1. The third kappa shape index (κ3) is 3.01. The van der Waals surface area contributed by atoms with Gasteiger partial charge in [0.05, 0.1) is 13.2 Å². The second kappa shape index (κ2) is 5.87. The number of amides is 1. The molecule has 1 fully saturated rings. The van der Waals surface area contributed by atoms with E-state index in [2.05, 4.69) is 10.2 Å². The summed E-state index contributed by atoms with van der Waals surface area (Å²) in [7, 11) is 3.65. The summed E-state index contributed by atoms with van der Waals surface area (Å²) in [4.78, 5) is 14.1. The smallest absolute Gasteiger partial charge is 0.237 e. The first-order chi connectivity index (χ1) is 8.70. The van der Waals surface area contributed by atoms with Crippen molar-refractivity contribution in [3.05, 3.63) is 29.8 Å². The van der Waals surface area contributed by atoms with Gasteiger partial charge in [-0.1, -0.05) is 12.1 Å². The van der Waals surface area contributed by atoms with Crippen LogP contribution in [0.2, 0.25) is 0 Å². The number of rotatable bonds is 4. The summed E-state index contributed by atoms with van der Waals surface area (Å²) in [5.41, 5.74) is 1.09. The lowest BCUT2D eigenvalue weighted by atomic mass is 10.2. The van der Waals surface area contributed by atoms with Gasteiger partial charge in [0.25, 0.3) is 0 Å². The number of methoxy groups -OCH3 is 1. The first kappa shape index (κ1) is 12.9. The molecule has 4 nitrogen and oxygen atoms in total. The first-order valence-corrected chi connectivity index (χ1v) is 6.31.